The number of hydrogen-bond acceptors (Lipinski definition) is 4. The highest BCUT2D eigenvalue weighted by molar-refractivity contribution is 6.01. The van der Waals surface area contributed by atoms with Crippen molar-refractivity contribution in [3.8, 4) is 0 Å². The zero-order valence-electron chi connectivity index (χ0n) is 13.7. The zero-order chi connectivity index (χ0) is 16.4. The van der Waals surface area contributed by atoms with Gasteiger partial charge in [0.15, 0.2) is 0 Å². The molecule has 0 saturated carbocycles. The Labute approximate surface area is 132 Å². The van der Waals surface area contributed by atoms with Gasteiger partial charge in [-0.15, -0.1) is 0 Å². The summed E-state index contributed by atoms with van der Waals surface area (Å²) >= 11 is 0. The molecule has 0 radical (unpaired) electrons. The van der Waals surface area contributed by atoms with Crippen LogP contribution in [0.4, 0.5) is 5.69 Å². The van der Waals surface area contributed by atoms with Crippen LogP contribution < -0.4 is 5.32 Å². The number of ether oxygens (including phenoxy) is 1. The minimum atomic E-state index is -0.450. The summed E-state index contributed by atoms with van der Waals surface area (Å²) in [4.78, 5) is 26.1. The molecule has 0 spiro atoms. The van der Waals surface area contributed by atoms with Gasteiger partial charge in [0.05, 0.1) is 18.4 Å². The number of para-hydroxylation sites is 1. The lowest BCUT2D eigenvalue weighted by atomic mass is 10.1. The Hall–Kier alpha value is -1.88. The van der Waals surface area contributed by atoms with E-state index in [9.17, 15) is 9.59 Å². The van der Waals surface area contributed by atoms with Crippen LogP contribution in [0.2, 0.25) is 0 Å². The van der Waals surface area contributed by atoms with E-state index in [1.807, 2.05) is 0 Å². The number of benzene rings is 1. The average Bonchev–Trinajstić information content (AvgIpc) is 2.53. The van der Waals surface area contributed by atoms with Gasteiger partial charge in [0, 0.05) is 13.0 Å². The summed E-state index contributed by atoms with van der Waals surface area (Å²) in [6, 6.07) is 6.87. The first kappa shape index (κ1) is 18.2. The Morgan fingerprint density at radius 1 is 1.09 bits per heavy atom. The number of carbonyl (C=O) groups excluding carboxylic acids is 2. The van der Waals surface area contributed by atoms with Crippen molar-refractivity contribution in [1.29, 1.82) is 0 Å². The monoisotopic (exact) mass is 306 g/mol. The number of amides is 1. The van der Waals surface area contributed by atoms with E-state index >= 15 is 0 Å². The lowest BCUT2D eigenvalue weighted by molar-refractivity contribution is -0.116. The van der Waals surface area contributed by atoms with Crippen LogP contribution in [-0.2, 0) is 9.53 Å². The quantitative estimate of drug-likeness (QED) is 0.713. The van der Waals surface area contributed by atoms with Crippen molar-refractivity contribution in [2.45, 2.75) is 33.1 Å². The first-order valence-corrected chi connectivity index (χ1v) is 7.81. The molecule has 0 atom stereocenters. The van der Waals surface area contributed by atoms with E-state index in [1.54, 1.807) is 24.3 Å². The second kappa shape index (κ2) is 9.95. The minimum Gasteiger partial charge on any atom is -0.465 e. The normalized spacial score (nSPS) is 10.5. The topological polar surface area (TPSA) is 58.6 Å². The van der Waals surface area contributed by atoms with Gasteiger partial charge in [0.2, 0.25) is 5.91 Å². The second-order valence-corrected chi connectivity index (χ2v) is 5.18. The summed E-state index contributed by atoms with van der Waals surface area (Å²) < 4.78 is 4.72. The average molecular weight is 306 g/mol. The Bertz CT molecular complexity index is 483. The number of carbonyl (C=O) groups is 2. The zero-order valence-corrected chi connectivity index (χ0v) is 13.7. The van der Waals surface area contributed by atoms with Gasteiger partial charge >= 0.3 is 5.97 Å². The van der Waals surface area contributed by atoms with Crippen molar-refractivity contribution in [3.05, 3.63) is 29.8 Å². The number of anilines is 1. The predicted octanol–water partition coefficient (Wildman–Crippen LogP) is 2.92. The van der Waals surface area contributed by atoms with Crippen LogP contribution in [0.1, 0.15) is 43.5 Å². The highest BCUT2D eigenvalue weighted by Gasteiger charge is 2.13. The first-order valence-electron chi connectivity index (χ1n) is 7.81. The maximum Gasteiger partial charge on any atom is 0.339 e. The lowest BCUT2D eigenvalue weighted by Gasteiger charge is -2.20. The van der Waals surface area contributed by atoms with E-state index < -0.39 is 5.97 Å². The third kappa shape index (κ3) is 5.85. The van der Waals surface area contributed by atoms with Crippen molar-refractivity contribution >= 4 is 17.6 Å². The molecule has 0 heterocycles. The fourth-order valence-electron chi connectivity index (χ4n) is 2.32. The third-order valence-corrected chi connectivity index (χ3v) is 3.34. The van der Waals surface area contributed by atoms with E-state index in [2.05, 4.69) is 24.1 Å². The SMILES string of the molecule is CCCN(CCC)CCC(=O)Nc1ccccc1C(=O)OC. The molecule has 1 aromatic rings. The summed E-state index contributed by atoms with van der Waals surface area (Å²) in [5, 5.41) is 2.80. The Balaban J connectivity index is 2.60. The van der Waals surface area contributed by atoms with E-state index in [0.717, 1.165) is 32.5 Å². The van der Waals surface area contributed by atoms with Gasteiger partial charge in [0.25, 0.3) is 0 Å². The van der Waals surface area contributed by atoms with Gasteiger partial charge in [-0.3, -0.25) is 4.79 Å². The smallest absolute Gasteiger partial charge is 0.339 e. The van der Waals surface area contributed by atoms with Gasteiger partial charge in [0.1, 0.15) is 0 Å². The fraction of sp³-hybridized carbons (Fsp3) is 0.529. The van der Waals surface area contributed by atoms with Gasteiger partial charge < -0.3 is 15.0 Å². The second-order valence-electron chi connectivity index (χ2n) is 5.18. The van der Waals surface area contributed by atoms with Crippen LogP contribution in [0.3, 0.4) is 0 Å². The highest BCUT2D eigenvalue weighted by atomic mass is 16.5. The number of hydrogen-bond donors (Lipinski definition) is 1. The van der Waals surface area contributed by atoms with E-state index in [4.69, 9.17) is 4.74 Å². The lowest BCUT2D eigenvalue weighted by Crippen LogP contribution is -2.29. The van der Waals surface area contributed by atoms with E-state index in [-0.39, 0.29) is 5.91 Å². The molecule has 0 saturated heterocycles. The van der Waals surface area contributed by atoms with Crippen LogP contribution >= 0.6 is 0 Å². The fourth-order valence-corrected chi connectivity index (χ4v) is 2.32. The standard InChI is InChI=1S/C17H26N2O3/c1-4-11-19(12-5-2)13-10-16(20)18-15-9-7-6-8-14(15)17(21)22-3/h6-9H,4-5,10-13H2,1-3H3,(H,18,20). The maximum absolute atomic E-state index is 12.1. The molecule has 0 fully saturated rings. The third-order valence-electron chi connectivity index (χ3n) is 3.34. The number of esters is 1. The van der Waals surface area contributed by atoms with Crippen molar-refractivity contribution in [2.24, 2.45) is 0 Å². The Kier molecular flexibility index (Phi) is 8.22. The van der Waals surface area contributed by atoms with Crippen molar-refractivity contribution in [3.63, 3.8) is 0 Å². The molecule has 0 aliphatic rings. The first-order chi connectivity index (χ1) is 10.6. The van der Waals surface area contributed by atoms with Crippen LogP contribution in [-0.4, -0.2) is 43.5 Å². The largest absolute Gasteiger partial charge is 0.465 e. The Morgan fingerprint density at radius 3 is 2.32 bits per heavy atom. The summed E-state index contributed by atoms with van der Waals surface area (Å²) in [5.41, 5.74) is 0.870. The number of methoxy groups -OCH3 is 1. The van der Waals surface area contributed by atoms with Crippen molar-refractivity contribution in [1.82, 2.24) is 4.90 Å². The van der Waals surface area contributed by atoms with Crippen molar-refractivity contribution in [2.75, 3.05) is 32.1 Å². The molecule has 0 aliphatic carbocycles. The molecule has 0 aromatic heterocycles. The summed E-state index contributed by atoms with van der Waals surface area (Å²) in [6.07, 6.45) is 2.56. The van der Waals surface area contributed by atoms with Crippen LogP contribution in [0.5, 0.6) is 0 Å². The van der Waals surface area contributed by atoms with Crippen LogP contribution in [0.25, 0.3) is 0 Å². The van der Waals surface area contributed by atoms with Gasteiger partial charge in [-0.25, -0.2) is 4.79 Å². The maximum atomic E-state index is 12.1. The molecule has 5 nitrogen and oxygen atoms in total. The minimum absolute atomic E-state index is 0.0893. The molecule has 0 bridgehead atoms. The molecular weight excluding hydrogens is 280 g/mol. The van der Waals surface area contributed by atoms with Gasteiger partial charge in [-0.2, -0.15) is 0 Å². The van der Waals surface area contributed by atoms with Gasteiger partial charge in [-0.1, -0.05) is 26.0 Å². The number of nitrogens with zero attached hydrogens (tertiary/aromatic N) is 1. The van der Waals surface area contributed by atoms with Crippen LogP contribution in [0, 0.1) is 0 Å². The molecular formula is C17H26N2O3. The molecule has 0 unspecified atom stereocenters. The molecule has 1 rings (SSSR count). The van der Waals surface area contributed by atoms with E-state index in [0.29, 0.717) is 17.7 Å². The Morgan fingerprint density at radius 2 is 1.73 bits per heavy atom. The summed E-state index contributed by atoms with van der Waals surface area (Å²) in [7, 11) is 1.33. The molecule has 5 heteroatoms. The highest BCUT2D eigenvalue weighted by Crippen LogP contribution is 2.16. The molecule has 22 heavy (non-hydrogen) atoms. The van der Waals surface area contributed by atoms with Crippen molar-refractivity contribution < 1.29 is 14.3 Å². The molecule has 1 aromatic carbocycles. The van der Waals surface area contributed by atoms with E-state index in [1.165, 1.54) is 7.11 Å². The number of rotatable bonds is 9. The molecule has 1 amide bonds. The molecule has 1 N–H and O–H groups in total. The molecule has 122 valence electrons. The molecule has 0 aliphatic heterocycles. The van der Waals surface area contributed by atoms with Gasteiger partial charge in [-0.05, 0) is 38.1 Å². The predicted molar refractivity (Wildman–Crippen MR) is 88.1 cm³/mol. The summed E-state index contributed by atoms with van der Waals surface area (Å²) in [5.74, 6) is -0.539. The summed E-state index contributed by atoms with van der Waals surface area (Å²) in [6.45, 7) is 7.00. The number of nitrogens with one attached hydrogen (secondary N) is 1. The van der Waals surface area contributed by atoms with Crippen LogP contribution in [0.15, 0.2) is 24.3 Å².